The monoisotopic (exact) mass is 430 g/mol. The third-order valence-electron chi connectivity index (χ3n) is 4.90. The summed E-state index contributed by atoms with van der Waals surface area (Å²) >= 11 is 5.20. The first-order valence-electron chi connectivity index (χ1n) is 8.69. The molecular formula is C20H19BrN2O2S. The lowest BCUT2D eigenvalue weighted by Crippen LogP contribution is -2.41. The maximum atomic E-state index is 11.5. The maximum absolute atomic E-state index is 11.5. The molecule has 0 saturated carbocycles. The second-order valence-corrected chi connectivity index (χ2v) is 8.62. The van der Waals surface area contributed by atoms with Crippen molar-refractivity contribution in [3.8, 4) is 0 Å². The number of carboxylic acid groups (broad SMARTS) is 1. The minimum Gasteiger partial charge on any atom is -0.481 e. The molecule has 2 heterocycles. The van der Waals surface area contributed by atoms with E-state index in [9.17, 15) is 9.90 Å². The van der Waals surface area contributed by atoms with Crippen molar-refractivity contribution in [1.82, 2.24) is 9.88 Å². The number of aromatic nitrogens is 1. The Hall–Kier alpha value is -1.76. The van der Waals surface area contributed by atoms with Gasteiger partial charge in [-0.2, -0.15) is 0 Å². The van der Waals surface area contributed by atoms with Crippen LogP contribution in [-0.4, -0.2) is 34.0 Å². The Bertz CT molecular complexity index is 892. The Kier molecular flexibility index (Phi) is 5.07. The van der Waals surface area contributed by atoms with E-state index >= 15 is 0 Å². The zero-order valence-electron chi connectivity index (χ0n) is 14.1. The summed E-state index contributed by atoms with van der Waals surface area (Å²) in [4.78, 5) is 18.7. The number of carboxylic acids is 1. The van der Waals surface area contributed by atoms with Gasteiger partial charge in [-0.15, -0.1) is 11.3 Å². The summed E-state index contributed by atoms with van der Waals surface area (Å²) in [5.74, 6) is -1.01. The van der Waals surface area contributed by atoms with Crippen molar-refractivity contribution in [1.29, 1.82) is 0 Å². The zero-order valence-corrected chi connectivity index (χ0v) is 16.5. The molecule has 0 amide bonds. The third kappa shape index (κ3) is 3.54. The second-order valence-electron chi connectivity index (χ2n) is 6.65. The van der Waals surface area contributed by atoms with Gasteiger partial charge >= 0.3 is 5.97 Å². The Labute approximate surface area is 164 Å². The Balaban J connectivity index is 1.76. The molecule has 0 aliphatic carbocycles. The number of carbonyl (C=O) groups is 1. The molecule has 2 aromatic carbocycles. The van der Waals surface area contributed by atoms with Crippen LogP contribution in [0.5, 0.6) is 0 Å². The molecule has 2 unspecified atom stereocenters. The molecule has 0 spiro atoms. The van der Waals surface area contributed by atoms with Gasteiger partial charge in [-0.1, -0.05) is 40.2 Å². The van der Waals surface area contributed by atoms with Gasteiger partial charge in [0.15, 0.2) is 0 Å². The topological polar surface area (TPSA) is 53.4 Å². The minimum absolute atomic E-state index is 0.0114. The van der Waals surface area contributed by atoms with Gasteiger partial charge in [-0.05, 0) is 49.2 Å². The van der Waals surface area contributed by atoms with E-state index in [0.29, 0.717) is 6.54 Å². The molecular weight excluding hydrogens is 412 g/mol. The van der Waals surface area contributed by atoms with E-state index in [1.54, 1.807) is 11.3 Å². The maximum Gasteiger partial charge on any atom is 0.307 e. The quantitative estimate of drug-likeness (QED) is 0.636. The van der Waals surface area contributed by atoms with Gasteiger partial charge in [-0.25, -0.2) is 4.98 Å². The van der Waals surface area contributed by atoms with Crippen LogP contribution in [0.15, 0.2) is 53.0 Å². The molecule has 1 aliphatic rings. The third-order valence-corrected chi connectivity index (χ3v) is 6.51. The van der Waals surface area contributed by atoms with Crippen LogP contribution >= 0.6 is 27.3 Å². The molecule has 134 valence electrons. The van der Waals surface area contributed by atoms with Crippen LogP contribution in [0.1, 0.15) is 29.5 Å². The smallest absolute Gasteiger partial charge is 0.307 e. The molecule has 1 aromatic heterocycles. The number of benzene rings is 2. The summed E-state index contributed by atoms with van der Waals surface area (Å²) in [7, 11) is 0. The summed E-state index contributed by atoms with van der Waals surface area (Å²) in [5, 5.41) is 10.5. The molecule has 2 atom stereocenters. The fourth-order valence-electron chi connectivity index (χ4n) is 3.60. The number of hydrogen-bond donors (Lipinski definition) is 1. The highest BCUT2D eigenvalue weighted by Gasteiger charge is 2.32. The molecule has 1 aliphatic heterocycles. The molecule has 1 fully saturated rings. The standard InChI is InChI=1S/C20H19BrN2O2S/c21-15-9-7-13(8-10-15)18(23-11-3-4-14(12-23)20(24)25)19-22-16-5-1-2-6-17(16)26-19/h1-2,5-10,14,18H,3-4,11-12H2,(H,24,25). The van der Waals surface area contributed by atoms with E-state index in [2.05, 4.69) is 39.0 Å². The number of aliphatic carboxylic acids is 1. The highest BCUT2D eigenvalue weighted by atomic mass is 79.9. The lowest BCUT2D eigenvalue weighted by molar-refractivity contribution is -0.143. The fourth-order valence-corrected chi connectivity index (χ4v) is 5.00. The average Bonchev–Trinajstić information content (AvgIpc) is 3.07. The van der Waals surface area contributed by atoms with E-state index in [1.165, 1.54) is 0 Å². The SMILES string of the molecule is O=C(O)C1CCCN(C(c2ccc(Br)cc2)c2nc3ccccc3s2)C1. The van der Waals surface area contributed by atoms with Crippen molar-refractivity contribution in [3.63, 3.8) is 0 Å². The first-order valence-corrected chi connectivity index (χ1v) is 10.3. The molecule has 6 heteroatoms. The number of thiazole rings is 1. The Morgan fingerprint density at radius 3 is 2.73 bits per heavy atom. The number of rotatable bonds is 4. The van der Waals surface area contributed by atoms with E-state index in [4.69, 9.17) is 4.98 Å². The minimum atomic E-state index is -0.700. The lowest BCUT2D eigenvalue weighted by Gasteiger charge is -2.36. The van der Waals surface area contributed by atoms with Crippen LogP contribution in [0, 0.1) is 5.92 Å². The van der Waals surface area contributed by atoms with Gasteiger partial charge < -0.3 is 5.11 Å². The van der Waals surface area contributed by atoms with E-state index in [1.807, 2.05) is 30.3 Å². The van der Waals surface area contributed by atoms with Crippen LogP contribution in [0.2, 0.25) is 0 Å². The van der Waals surface area contributed by atoms with Gasteiger partial charge in [0.2, 0.25) is 0 Å². The molecule has 4 nitrogen and oxygen atoms in total. The normalized spacial score (nSPS) is 19.5. The van der Waals surface area contributed by atoms with Gasteiger partial charge in [0.05, 0.1) is 22.2 Å². The average molecular weight is 431 g/mol. The highest BCUT2D eigenvalue weighted by Crippen LogP contribution is 2.37. The summed E-state index contributed by atoms with van der Waals surface area (Å²) in [6.45, 7) is 1.45. The molecule has 0 bridgehead atoms. The Morgan fingerprint density at radius 2 is 2.00 bits per heavy atom. The number of fused-ring (bicyclic) bond motifs is 1. The number of likely N-dealkylation sites (tertiary alicyclic amines) is 1. The van der Waals surface area contributed by atoms with Gasteiger partial charge in [0.25, 0.3) is 0 Å². The predicted molar refractivity (Wildman–Crippen MR) is 108 cm³/mol. The molecule has 3 aromatic rings. The number of para-hydroxylation sites is 1. The highest BCUT2D eigenvalue weighted by molar-refractivity contribution is 9.10. The van der Waals surface area contributed by atoms with Gasteiger partial charge in [0.1, 0.15) is 5.01 Å². The first-order chi connectivity index (χ1) is 12.6. The van der Waals surface area contributed by atoms with Crippen LogP contribution < -0.4 is 0 Å². The summed E-state index contributed by atoms with van der Waals surface area (Å²) in [5.41, 5.74) is 2.15. The van der Waals surface area contributed by atoms with Crippen molar-refractivity contribution in [2.24, 2.45) is 5.92 Å². The van der Waals surface area contributed by atoms with E-state index in [0.717, 1.165) is 44.6 Å². The number of nitrogens with zero attached hydrogens (tertiary/aromatic N) is 2. The van der Waals surface area contributed by atoms with E-state index in [-0.39, 0.29) is 12.0 Å². The van der Waals surface area contributed by atoms with Crippen molar-refractivity contribution < 1.29 is 9.90 Å². The number of piperidine rings is 1. The summed E-state index contributed by atoms with van der Waals surface area (Å²) in [6, 6.07) is 16.4. The van der Waals surface area contributed by atoms with Crippen LogP contribution in [0.4, 0.5) is 0 Å². The van der Waals surface area contributed by atoms with Crippen molar-refractivity contribution >= 4 is 43.5 Å². The molecule has 0 radical (unpaired) electrons. The van der Waals surface area contributed by atoms with Crippen molar-refractivity contribution in [2.45, 2.75) is 18.9 Å². The lowest BCUT2D eigenvalue weighted by atomic mass is 9.95. The van der Waals surface area contributed by atoms with Gasteiger partial charge in [0, 0.05) is 11.0 Å². The Morgan fingerprint density at radius 1 is 1.23 bits per heavy atom. The van der Waals surface area contributed by atoms with Crippen molar-refractivity contribution in [2.75, 3.05) is 13.1 Å². The fraction of sp³-hybridized carbons (Fsp3) is 0.300. The van der Waals surface area contributed by atoms with Crippen LogP contribution in [-0.2, 0) is 4.79 Å². The van der Waals surface area contributed by atoms with Crippen LogP contribution in [0.25, 0.3) is 10.2 Å². The molecule has 1 saturated heterocycles. The molecule has 4 rings (SSSR count). The predicted octanol–water partition coefficient (Wildman–Crippen LogP) is 4.94. The number of halogens is 1. The largest absolute Gasteiger partial charge is 0.481 e. The van der Waals surface area contributed by atoms with Crippen molar-refractivity contribution in [3.05, 3.63) is 63.6 Å². The summed E-state index contributed by atoms with van der Waals surface area (Å²) in [6.07, 6.45) is 1.65. The zero-order chi connectivity index (χ0) is 18.1. The first kappa shape index (κ1) is 17.6. The van der Waals surface area contributed by atoms with E-state index < -0.39 is 5.97 Å². The molecule has 1 N–H and O–H groups in total. The second kappa shape index (κ2) is 7.47. The molecule has 26 heavy (non-hydrogen) atoms. The number of hydrogen-bond acceptors (Lipinski definition) is 4. The van der Waals surface area contributed by atoms with Gasteiger partial charge in [-0.3, -0.25) is 9.69 Å². The summed E-state index contributed by atoms with van der Waals surface area (Å²) < 4.78 is 2.20. The van der Waals surface area contributed by atoms with Crippen LogP contribution in [0.3, 0.4) is 0 Å².